The summed E-state index contributed by atoms with van der Waals surface area (Å²) in [6, 6.07) is 7.25. The van der Waals surface area contributed by atoms with Gasteiger partial charge in [0.25, 0.3) is 5.19 Å². The third-order valence-corrected chi connectivity index (χ3v) is 3.04. The van der Waals surface area contributed by atoms with Crippen molar-refractivity contribution in [2.24, 2.45) is 0 Å². The molecule has 0 N–H and O–H groups in total. The Kier molecular flexibility index (Phi) is 3.58. The molecule has 1 aromatic carbocycles. The summed E-state index contributed by atoms with van der Waals surface area (Å²) >= 11 is 6.95. The molecule has 2 aromatic rings. The van der Waals surface area contributed by atoms with Gasteiger partial charge in [0.1, 0.15) is 16.5 Å². The summed E-state index contributed by atoms with van der Waals surface area (Å²) in [5.74, 6) is 1.83. The fraction of sp³-hybridized carbons (Fsp3) is 0.200. The first-order valence-corrected chi connectivity index (χ1v) is 5.87. The Hall–Kier alpha value is -1.33. The van der Waals surface area contributed by atoms with E-state index in [4.69, 9.17) is 21.1 Å². The average molecular weight is 257 g/mol. The van der Waals surface area contributed by atoms with Crippen molar-refractivity contribution in [3.8, 4) is 16.7 Å². The normalized spacial score (nSPS) is 10.1. The summed E-state index contributed by atoms with van der Waals surface area (Å²) in [5.41, 5.74) is 0. The molecule has 0 aliphatic carbocycles. The van der Waals surface area contributed by atoms with Crippen molar-refractivity contribution >= 4 is 22.9 Å². The topological polar surface area (TPSA) is 44.2 Å². The molecule has 0 saturated carbocycles. The Morgan fingerprint density at radius 2 is 1.88 bits per heavy atom. The van der Waals surface area contributed by atoms with Crippen molar-refractivity contribution in [3.63, 3.8) is 0 Å². The summed E-state index contributed by atoms with van der Waals surface area (Å²) < 4.78 is 10.5. The highest BCUT2D eigenvalue weighted by Crippen LogP contribution is 2.26. The summed E-state index contributed by atoms with van der Waals surface area (Å²) in [4.78, 5) is 0. The Bertz CT molecular complexity index is 458. The minimum absolute atomic E-state index is 0.351. The van der Waals surface area contributed by atoms with Crippen molar-refractivity contribution < 1.29 is 9.47 Å². The van der Waals surface area contributed by atoms with Crippen LogP contribution in [0.25, 0.3) is 0 Å². The fourth-order valence-corrected chi connectivity index (χ4v) is 1.85. The lowest BCUT2D eigenvalue weighted by molar-refractivity contribution is 0.412. The van der Waals surface area contributed by atoms with Gasteiger partial charge in [-0.2, -0.15) is 0 Å². The van der Waals surface area contributed by atoms with Gasteiger partial charge >= 0.3 is 0 Å². The van der Waals surface area contributed by atoms with Crippen LogP contribution in [0.5, 0.6) is 16.7 Å². The molecule has 16 heavy (non-hydrogen) atoms. The van der Waals surface area contributed by atoms with Crippen molar-refractivity contribution in [1.82, 2.24) is 10.2 Å². The summed E-state index contributed by atoms with van der Waals surface area (Å²) in [6.45, 7) is 0. The van der Waals surface area contributed by atoms with Crippen LogP contribution in [0, 0.1) is 0 Å². The van der Waals surface area contributed by atoms with E-state index in [1.54, 1.807) is 19.2 Å². The largest absolute Gasteiger partial charge is 0.497 e. The molecule has 2 rings (SSSR count). The maximum Gasteiger partial charge on any atom is 0.299 e. The number of hydrogen-bond acceptors (Lipinski definition) is 5. The number of benzene rings is 1. The molecule has 0 fully saturated rings. The second kappa shape index (κ2) is 5.14. The second-order valence-electron chi connectivity index (χ2n) is 2.87. The molecule has 0 aliphatic heterocycles. The van der Waals surface area contributed by atoms with Crippen molar-refractivity contribution in [2.75, 3.05) is 7.11 Å². The van der Waals surface area contributed by atoms with Crippen molar-refractivity contribution in [2.45, 2.75) is 5.88 Å². The number of methoxy groups -OCH3 is 1. The Morgan fingerprint density at radius 3 is 2.44 bits per heavy atom. The lowest BCUT2D eigenvalue weighted by Gasteiger charge is -2.02. The van der Waals surface area contributed by atoms with E-state index in [9.17, 15) is 0 Å². The number of alkyl halides is 1. The Morgan fingerprint density at radius 1 is 1.19 bits per heavy atom. The van der Waals surface area contributed by atoms with Gasteiger partial charge in [0.2, 0.25) is 0 Å². The molecule has 0 unspecified atom stereocenters. The molecule has 0 saturated heterocycles. The average Bonchev–Trinajstić information content (AvgIpc) is 2.78. The second-order valence-corrected chi connectivity index (χ2v) is 4.16. The Labute approximate surface area is 102 Å². The van der Waals surface area contributed by atoms with E-state index in [2.05, 4.69) is 10.2 Å². The van der Waals surface area contributed by atoms with Gasteiger partial charge in [0.05, 0.1) is 13.0 Å². The molecule has 1 aromatic heterocycles. The summed E-state index contributed by atoms with van der Waals surface area (Å²) in [6.07, 6.45) is 0. The molecule has 0 spiro atoms. The number of nitrogens with zero attached hydrogens (tertiary/aromatic N) is 2. The maximum absolute atomic E-state index is 5.62. The molecule has 0 amide bonds. The molecular weight excluding hydrogens is 248 g/mol. The van der Waals surface area contributed by atoms with E-state index in [0.29, 0.717) is 16.8 Å². The highest BCUT2D eigenvalue weighted by Gasteiger charge is 2.05. The van der Waals surface area contributed by atoms with Gasteiger partial charge in [0.15, 0.2) is 0 Å². The van der Waals surface area contributed by atoms with Crippen molar-refractivity contribution in [1.29, 1.82) is 0 Å². The SMILES string of the molecule is COc1ccc(Oc2nnc(CCl)s2)cc1. The van der Waals surface area contributed by atoms with Gasteiger partial charge in [-0.3, -0.25) is 0 Å². The smallest absolute Gasteiger partial charge is 0.299 e. The van der Waals surface area contributed by atoms with Crippen LogP contribution in [0.3, 0.4) is 0 Å². The number of hydrogen-bond donors (Lipinski definition) is 0. The molecule has 0 atom stereocenters. The lowest BCUT2D eigenvalue weighted by Crippen LogP contribution is -1.85. The summed E-state index contributed by atoms with van der Waals surface area (Å²) in [7, 11) is 1.62. The first-order chi connectivity index (χ1) is 7.81. The molecule has 6 heteroatoms. The number of rotatable bonds is 4. The molecule has 0 bridgehead atoms. The number of aromatic nitrogens is 2. The fourth-order valence-electron chi connectivity index (χ4n) is 1.08. The molecular formula is C10H9ClN2O2S. The minimum atomic E-state index is 0.351. The molecule has 84 valence electrons. The number of ether oxygens (including phenoxy) is 2. The van der Waals surface area contributed by atoms with Crippen LogP contribution in [-0.4, -0.2) is 17.3 Å². The van der Waals surface area contributed by atoms with E-state index in [-0.39, 0.29) is 0 Å². The predicted octanol–water partition coefficient (Wildman–Crippen LogP) is 3.08. The predicted molar refractivity (Wildman–Crippen MR) is 62.5 cm³/mol. The van der Waals surface area contributed by atoms with E-state index in [1.807, 2.05) is 12.1 Å². The van der Waals surface area contributed by atoms with Gasteiger partial charge in [-0.1, -0.05) is 16.4 Å². The van der Waals surface area contributed by atoms with Crippen LogP contribution in [0.2, 0.25) is 0 Å². The zero-order valence-electron chi connectivity index (χ0n) is 8.51. The third kappa shape index (κ3) is 2.62. The monoisotopic (exact) mass is 256 g/mol. The van der Waals surface area contributed by atoms with Crippen LogP contribution in [0.1, 0.15) is 5.01 Å². The molecule has 1 heterocycles. The minimum Gasteiger partial charge on any atom is -0.497 e. The lowest BCUT2D eigenvalue weighted by atomic mass is 10.3. The Balaban J connectivity index is 2.08. The van der Waals surface area contributed by atoms with E-state index < -0.39 is 0 Å². The van der Waals surface area contributed by atoms with Gasteiger partial charge < -0.3 is 9.47 Å². The quantitative estimate of drug-likeness (QED) is 0.789. The van der Waals surface area contributed by atoms with Gasteiger partial charge in [-0.05, 0) is 24.3 Å². The highest BCUT2D eigenvalue weighted by atomic mass is 35.5. The van der Waals surface area contributed by atoms with Gasteiger partial charge in [-0.15, -0.1) is 16.7 Å². The van der Waals surface area contributed by atoms with Crippen LogP contribution in [0.15, 0.2) is 24.3 Å². The van der Waals surface area contributed by atoms with Crippen LogP contribution >= 0.6 is 22.9 Å². The van der Waals surface area contributed by atoms with Crippen LogP contribution in [-0.2, 0) is 5.88 Å². The zero-order chi connectivity index (χ0) is 11.4. The first-order valence-electron chi connectivity index (χ1n) is 4.52. The third-order valence-electron chi connectivity index (χ3n) is 1.83. The maximum atomic E-state index is 5.62. The van der Waals surface area contributed by atoms with Gasteiger partial charge in [0, 0.05) is 0 Å². The van der Waals surface area contributed by atoms with Crippen molar-refractivity contribution in [3.05, 3.63) is 29.3 Å². The van der Waals surface area contributed by atoms with E-state index in [0.717, 1.165) is 10.8 Å². The molecule has 0 radical (unpaired) electrons. The molecule has 0 aliphatic rings. The summed E-state index contributed by atoms with van der Waals surface area (Å²) in [5, 5.41) is 8.93. The van der Waals surface area contributed by atoms with Gasteiger partial charge in [-0.25, -0.2) is 0 Å². The standard InChI is InChI=1S/C10H9ClN2O2S/c1-14-7-2-4-8(5-3-7)15-10-13-12-9(6-11)16-10/h2-5H,6H2,1H3. The number of halogens is 1. The first kappa shape index (κ1) is 11.2. The molecule has 4 nitrogen and oxygen atoms in total. The van der Waals surface area contributed by atoms with E-state index in [1.165, 1.54) is 11.3 Å². The van der Waals surface area contributed by atoms with Crippen LogP contribution in [0.4, 0.5) is 0 Å². The van der Waals surface area contributed by atoms with E-state index >= 15 is 0 Å². The zero-order valence-corrected chi connectivity index (χ0v) is 10.1. The van der Waals surface area contributed by atoms with Crippen LogP contribution < -0.4 is 9.47 Å². The highest BCUT2D eigenvalue weighted by molar-refractivity contribution is 7.13.